The summed E-state index contributed by atoms with van der Waals surface area (Å²) in [6, 6.07) is 9.85. The third-order valence-electron chi connectivity index (χ3n) is 3.96. The van der Waals surface area contributed by atoms with Crippen LogP contribution in [-0.4, -0.2) is 26.4 Å². The zero-order chi connectivity index (χ0) is 21.8. The van der Waals surface area contributed by atoms with Crippen molar-refractivity contribution in [2.45, 2.75) is 18.2 Å². The first-order chi connectivity index (χ1) is 14.2. The van der Waals surface area contributed by atoms with Crippen LogP contribution in [-0.2, 0) is 11.8 Å². The molecule has 30 heavy (non-hydrogen) atoms. The van der Waals surface area contributed by atoms with Crippen molar-refractivity contribution in [1.82, 2.24) is 14.8 Å². The number of nitrogens with one attached hydrogen (secondary N) is 1. The van der Waals surface area contributed by atoms with Crippen LogP contribution < -0.4 is 10.1 Å². The highest BCUT2D eigenvalue weighted by Crippen LogP contribution is 2.31. The van der Waals surface area contributed by atoms with Crippen molar-refractivity contribution < 1.29 is 9.53 Å². The molecule has 0 bridgehead atoms. The summed E-state index contributed by atoms with van der Waals surface area (Å²) in [6.07, 6.45) is -0.422. The van der Waals surface area contributed by atoms with Gasteiger partial charge in [-0.15, -0.1) is 10.2 Å². The summed E-state index contributed by atoms with van der Waals surface area (Å²) in [6.45, 7) is 1.83. The molecule has 1 unspecified atom stereocenters. The average molecular weight is 506 g/mol. The lowest BCUT2D eigenvalue weighted by molar-refractivity contribution is -0.113. The largest absolute Gasteiger partial charge is 0.481 e. The van der Waals surface area contributed by atoms with E-state index in [-0.39, 0.29) is 11.7 Å². The van der Waals surface area contributed by atoms with Crippen molar-refractivity contribution in [2.75, 3.05) is 11.1 Å². The Labute approximate surface area is 197 Å². The monoisotopic (exact) mass is 504 g/mol. The van der Waals surface area contributed by atoms with E-state index in [1.54, 1.807) is 48.0 Å². The number of hydrogen-bond acceptors (Lipinski definition) is 5. The zero-order valence-electron chi connectivity index (χ0n) is 15.8. The molecule has 0 spiro atoms. The third-order valence-corrected chi connectivity index (χ3v) is 6.08. The fourth-order valence-electron chi connectivity index (χ4n) is 2.53. The van der Waals surface area contributed by atoms with Gasteiger partial charge in [-0.25, -0.2) is 0 Å². The summed E-state index contributed by atoms with van der Waals surface area (Å²) in [5, 5.41) is 13.4. The normalized spacial score (nSPS) is 11.9. The number of aromatic nitrogens is 3. The lowest BCUT2D eigenvalue weighted by atomic mass is 10.3. The van der Waals surface area contributed by atoms with Crippen molar-refractivity contribution in [3.8, 4) is 5.75 Å². The van der Waals surface area contributed by atoms with Crippen molar-refractivity contribution >= 4 is 69.8 Å². The summed E-state index contributed by atoms with van der Waals surface area (Å²) >= 11 is 25.3. The number of carbonyl (C=O) groups is 1. The summed E-state index contributed by atoms with van der Waals surface area (Å²) < 4.78 is 7.64. The van der Waals surface area contributed by atoms with Gasteiger partial charge in [0.1, 0.15) is 5.75 Å². The Morgan fingerprint density at radius 3 is 2.53 bits per heavy atom. The number of halogens is 4. The van der Waals surface area contributed by atoms with Gasteiger partial charge in [0.15, 0.2) is 17.1 Å². The van der Waals surface area contributed by atoms with E-state index in [1.807, 2.05) is 6.92 Å². The molecule has 1 atom stereocenters. The molecular formula is C19H16Cl4N4O2S. The first-order valence-corrected chi connectivity index (χ1v) is 11.1. The molecular weight excluding hydrogens is 490 g/mol. The number of nitrogens with zero attached hydrogens (tertiary/aromatic N) is 3. The van der Waals surface area contributed by atoms with E-state index in [4.69, 9.17) is 51.1 Å². The molecule has 1 amide bonds. The second-order valence-corrected chi connectivity index (χ2v) is 8.83. The zero-order valence-corrected chi connectivity index (χ0v) is 19.7. The molecule has 0 saturated heterocycles. The number of amides is 1. The maximum absolute atomic E-state index is 12.3. The van der Waals surface area contributed by atoms with Crippen LogP contribution in [0.1, 0.15) is 18.9 Å². The van der Waals surface area contributed by atoms with Crippen LogP contribution >= 0.6 is 58.2 Å². The standard InChI is InChI=1S/C19H16Cl4N4O2S/c1-10(29-16-6-4-11(20)7-14(16)23)18-25-26-19(27(18)2)30-9-17(28)24-15-8-12(21)3-5-13(15)22/h3-8,10H,9H2,1-2H3,(H,24,28). The van der Waals surface area contributed by atoms with Crippen LogP contribution in [0.4, 0.5) is 5.69 Å². The molecule has 6 nitrogen and oxygen atoms in total. The lowest BCUT2D eigenvalue weighted by Crippen LogP contribution is -2.15. The van der Waals surface area contributed by atoms with Gasteiger partial charge in [0, 0.05) is 17.1 Å². The van der Waals surface area contributed by atoms with Crippen molar-refractivity contribution in [3.05, 3.63) is 62.3 Å². The topological polar surface area (TPSA) is 69.0 Å². The summed E-state index contributed by atoms with van der Waals surface area (Å²) in [7, 11) is 1.80. The van der Waals surface area contributed by atoms with Crippen molar-refractivity contribution in [3.63, 3.8) is 0 Å². The van der Waals surface area contributed by atoms with Crippen molar-refractivity contribution in [2.24, 2.45) is 7.05 Å². The van der Waals surface area contributed by atoms with Gasteiger partial charge < -0.3 is 14.6 Å². The lowest BCUT2D eigenvalue weighted by Gasteiger charge is -2.15. The minimum absolute atomic E-state index is 0.118. The van der Waals surface area contributed by atoms with Gasteiger partial charge in [0.25, 0.3) is 0 Å². The van der Waals surface area contributed by atoms with Crippen LogP contribution in [0.5, 0.6) is 5.75 Å². The summed E-state index contributed by atoms with van der Waals surface area (Å²) in [5.41, 5.74) is 0.454. The predicted molar refractivity (Wildman–Crippen MR) is 122 cm³/mol. The van der Waals surface area contributed by atoms with E-state index < -0.39 is 6.10 Å². The number of ether oxygens (including phenoxy) is 1. The molecule has 2 aromatic carbocycles. The molecule has 0 aliphatic heterocycles. The highest BCUT2D eigenvalue weighted by atomic mass is 35.5. The van der Waals surface area contributed by atoms with Crippen LogP contribution in [0.25, 0.3) is 0 Å². The second-order valence-electron chi connectivity index (χ2n) is 6.20. The minimum Gasteiger partial charge on any atom is -0.481 e. The number of hydrogen-bond donors (Lipinski definition) is 1. The fourth-order valence-corrected chi connectivity index (χ4v) is 4.04. The molecule has 1 aromatic heterocycles. The molecule has 3 rings (SSSR count). The Morgan fingerprint density at radius 1 is 1.10 bits per heavy atom. The van der Waals surface area contributed by atoms with Crippen LogP contribution in [0.3, 0.4) is 0 Å². The SMILES string of the molecule is CC(Oc1ccc(Cl)cc1Cl)c1nnc(SCC(=O)Nc2cc(Cl)ccc2Cl)n1C. The van der Waals surface area contributed by atoms with Gasteiger partial charge in [-0.3, -0.25) is 4.79 Å². The number of benzene rings is 2. The second kappa shape index (κ2) is 10.1. The molecule has 1 heterocycles. The molecule has 0 fully saturated rings. The van der Waals surface area contributed by atoms with Crippen molar-refractivity contribution in [1.29, 1.82) is 0 Å². The quantitative estimate of drug-likeness (QED) is 0.381. The average Bonchev–Trinajstić information content (AvgIpc) is 3.06. The maximum atomic E-state index is 12.3. The highest BCUT2D eigenvalue weighted by Gasteiger charge is 2.19. The van der Waals surface area contributed by atoms with E-state index in [0.717, 1.165) is 0 Å². The molecule has 0 aliphatic rings. The molecule has 0 saturated carbocycles. The minimum atomic E-state index is -0.422. The first kappa shape index (κ1) is 23.0. The van der Waals surface area contributed by atoms with Crippen LogP contribution in [0.2, 0.25) is 20.1 Å². The van der Waals surface area contributed by atoms with Crippen LogP contribution in [0, 0.1) is 0 Å². The molecule has 11 heteroatoms. The van der Waals surface area contributed by atoms with E-state index in [2.05, 4.69) is 15.5 Å². The molecule has 0 radical (unpaired) electrons. The smallest absolute Gasteiger partial charge is 0.234 e. The fraction of sp³-hybridized carbons (Fsp3) is 0.211. The van der Waals surface area contributed by atoms with Gasteiger partial charge in [-0.2, -0.15) is 0 Å². The molecule has 0 aliphatic carbocycles. The molecule has 3 aromatic rings. The summed E-state index contributed by atoms with van der Waals surface area (Å²) in [4.78, 5) is 12.3. The molecule has 1 N–H and O–H groups in total. The van der Waals surface area contributed by atoms with E-state index in [9.17, 15) is 4.79 Å². The number of thioether (sulfide) groups is 1. The predicted octanol–water partition coefficient (Wildman–Crippen LogP) is 6.30. The number of carbonyl (C=O) groups excluding carboxylic acids is 1. The van der Waals surface area contributed by atoms with E-state index in [0.29, 0.717) is 42.5 Å². The van der Waals surface area contributed by atoms with Gasteiger partial charge in [0.05, 0.1) is 21.5 Å². The third kappa shape index (κ3) is 5.74. The Morgan fingerprint density at radius 2 is 1.80 bits per heavy atom. The Bertz CT molecular complexity index is 1080. The van der Waals surface area contributed by atoms with Gasteiger partial charge >= 0.3 is 0 Å². The maximum Gasteiger partial charge on any atom is 0.234 e. The van der Waals surface area contributed by atoms with Gasteiger partial charge in [-0.05, 0) is 43.3 Å². The van der Waals surface area contributed by atoms with Gasteiger partial charge in [-0.1, -0.05) is 58.2 Å². The summed E-state index contributed by atoms with van der Waals surface area (Å²) in [5.74, 6) is 0.948. The van der Waals surface area contributed by atoms with E-state index in [1.165, 1.54) is 11.8 Å². The Balaban J connectivity index is 1.62. The van der Waals surface area contributed by atoms with Crippen LogP contribution in [0.15, 0.2) is 41.6 Å². The van der Waals surface area contributed by atoms with Gasteiger partial charge in [0.2, 0.25) is 5.91 Å². The highest BCUT2D eigenvalue weighted by molar-refractivity contribution is 7.99. The van der Waals surface area contributed by atoms with E-state index >= 15 is 0 Å². The first-order valence-electron chi connectivity index (χ1n) is 8.63. The Kier molecular flexibility index (Phi) is 7.76. The Hall–Kier alpha value is -1.64. The molecule has 158 valence electrons. The number of rotatable bonds is 7. The number of anilines is 1.